The van der Waals surface area contributed by atoms with E-state index >= 15 is 0 Å². The average molecular weight is 230 g/mol. The third-order valence-corrected chi connectivity index (χ3v) is 2.53. The minimum Gasteiger partial charge on any atom is -0.378 e. The summed E-state index contributed by atoms with van der Waals surface area (Å²) in [5.74, 6) is 2.43. The summed E-state index contributed by atoms with van der Waals surface area (Å²) in [5, 5.41) is 5.90. The van der Waals surface area contributed by atoms with Crippen LogP contribution in [0, 0.1) is 12.3 Å². The molecule has 0 aromatic heterocycles. The molecular formula is C13H14N2O2. The van der Waals surface area contributed by atoms with E-state index in [1.165, 1.54) is 0 Å². The van der Waals surface area contributed by atoms with Gasteiger partial charge < -0.3 is 15.4 Å². The normalized spacial score (nSPS) is 19.4. The Balaban J connectivity index is 1.99. The summed E-state index contributed by atoms with van der Waals surface area (Å²) in [4.78, 5) is 11.9. The molecule has 1 fully saturated rings. The van der Waals surface area contributed by atoms with Crippen LogP contribution in [-0.4, -0.2) is 31.7 Å². The zero-order valence-corrected chi connectivity index (χ0v) is 9.40. The molecule has 0 bridgehead atoms. The Kier molecular flexibility index (Phi) is 3.76. The smallest absolute Gasteiger partial charge is 0.243 e. The van der Waals surface area contributed by atoms with Crippen molar-refractivity contribution >= 4 is 11.6 Å². The van der Waals surface area contributed by atoms with E-state index in [9.17, 15) is 4.79 Å². The van der Waals surface area contributed by atoms with Gasteiger partial charge in [0.1, 0.15) is 6.04 Å². The fourth-order valence-electron chi connectivity index (χ4n) is 1.65. The number of terminal acetylenes is 1. The summed E-state index contributed by atoms with van der Waals surface area (Å²) in [6, 6.07) is 6.91. The van der Waals surface area contributed by atoms with Gasteiger partial charge >= 0.3 is 0 Å². The zero-order chi connectivity index (χ0) is 12.1. The van der Waals surface area contributed by atoms with E-state index in [1.54, 1.807) is 6.07 Å². The number of morpholine rings is 1. The van der Waals surface area contributed by atoms with Crippen LogP contribution < -0.4 is 10.6 Å². The van der Waals surface area contributed by atoms with Gasteiger partial charge in [0.2, 0.25) is 5.91 Å². The molecular weight excluding hydrogens is 216 g/mol. The minimum absolute atomic E-state index is 0.0983. The van der Waals surface area contributed by atoms with Gasteiger partial charge in [-0.05, 0) is 18.2 Å². The van der Waals surface area contributed by atoms with E-state index in [-0.39, 0.29) is 11.9 Å². The molecule has 88 valence electrons. The highest BCUT2D eigenvalue weighted by molar-refractivity contribution is 5.95. The largest absolute Gasteiger partial charge is 0.378 e. The van der Waals surface area contributed by atoms with Crippen molar-refractivity contribution in [3.63, 3.8) is 0 Å². The topological polar surface area (TPSA) is 50.4 Å². The monoisotopic (exact) mass is 230 g/mol. The van der Waals surface area contributed by atoms with Gasteiger partial charge in [-0.1, -0.05) is 12.0 Å². The van der Waals surface area contributed by atoms with Crippen molar-refractivity contribution in [1.82, 2.24) is 5.32 Å². The first kappa shape index (κ1) is 11.6. The summed E-state index contributed by atoms with van der Waals surface area (Å²) < 4.78 is 5.23. The highest BCUT2D eigenvalue weighted by Crippen LogP contribution is 2.10. The van der Waals surface area contributed by atoms with Crippen molar-refractivity contribution in [2.24, 2.45) is 0 Å². The lowest BCUT2D eigenvalue weighted by atomic mass is 10.2. The number of anilines is 1. The first-order valence-corrected chi connectivity index (χ1v) is 5.48. The first-order chi connectivity index (χ1) is 8.29. The molecule has 1 aliphatic heterocycles. The van der Waals surface area contributed by atoms with Crippen LogP contribution in [0.25, 0.3) is 0 Å². The Labute approximate surface area is 100 Å². The molecule has 2 rings (SSSR count). The molecule has 0 radical (unpaired) electrons. The van der Waals surface area contributed by atoms with Crippen molar-refractivity contribution < 1.29 is 9.53 Å². The Morgan fingerprint density at radius 3 is 3.18 bits per heavy atom. The molecule has 17 heavy (non-hydrogen) atoms. The van der Waals surface area contributed by atoms with Gasteiger partial charge in [-0.3, -0.25) is 4.79 Å². The summed E-state index contributed by atoms with van der Waals surface area (Å²) in [6.07, 6.45) is 5.30. The number of ether oxygens (including phenoxy) is 1. The maximum atomic E-state index is 11.9. The maximum absolute atomic E-state index is 11.9. The fourth-order valence-corrected chi connectivity index (χ4v) is 1.65. The number of carbonyl (C=O) groups is 1. The Hall–Kier alpha value is -1.83. The maximum Gasteiger partial charge on any atom is 0.243 e. The average Bonchev–Trinajstić information content (AvgIpc) is 2.40. The molecule has 1 unspecified atom stereocenters. The highest BCUT2D eigenvalue weighted by atomic mass is 16.5. The number of carbonyl (C=O) groups excluding carboxylic acids is 1. The van der Waals surface area contributed by atoms with Gasteiger partial charge in [-0.15, -0.1) is 6.42 Å². The number of hydrogen-bond acceptors (Lipinski definition) is 3. The van der Waals surface area contributed by atoms with E-state index in [4.69, 9.17) is 11.2 Å². The number of benzene rings is 1. The molecule has 0 spiro atoms. The van der Waals surface area contributed by atoms with Gasteiger partial charge in [-0.25, -0.2) is 0 Å². The molecule has 2 N–H and O–H groups in total. The summed E-state index contributed by atoms with van der Waals surface area (Å²) in [6.45, 7) is 1.75. The van der Waals surface area contributed by atoms with Crippen molar-refractivity contribution in [2.75, 3.05) is 25.1 Å². The lowest BCUT2D eigenvalue weighted by molar-refractivity contribution is -0.120. The SMILES string of the molecule is C#Cc1cccc(NC(=O)C2COCCN2)c1. The molecule has 1 aromatic carbocycles. The van der Waals surface area contributed by atoms with Gasteiger partial charge in [0.25, 0.3) is 0 Å². The second-order valence-electron chi connectivity index (χ2n) is 3.80. The Morgan fingerprint density at radius 2 is 2.47 bits per heavy atom. The highest BCUT2D eigenvalue weighted by Gasteiger charge is 2.20. The van der Waals surface area contributed by atoms with Crippen LogP contribution in [0.15, 0.2) is 24.3 Å². The number of amides is 1. The van der Waals surface area contributed by atoms with E-state index in [1.807, 2.05) is 18.2 Å². The van der Waals surface area contributed by atoms with Gasteiger partial charge in [0.15, 0.2) is 0 Å². The molecule has 1 atom stereocenters. The van der Waals surface area contributed by atoms with E-state index < -0.39 is 0 Å². The number of rotatable bonds is 2. The summed E-state index contributed by atoms with van der Waals surface area (Å²) in [7, 11) is 0. The quantitative estimate of drug-likeness (QED) is 0.731. The number of hydrogen-bond donors (Lipinski definition) is 2. The van der Waals surface area contributed by atoms with Crippen LogP contribution in [0.4, 0.5) is 5.69 Å². The summed E-state index contributed by atoms with van der Waals surface area (Å²) >= 11 is 0. The molecule has 1 aromatic rings. The third-order valence-electron chi connectivity index (χ3n) is 2.53. The van der Waals surface area contributed by atoms with E-state index in [0.717, 1.165) is 5.56 Å². The molecule has 1 aliphatic rings. The van der Waals surface area contributed by atoms with Gasteiger partial charge in [-0.2, -0.15) is 0 Å². The lowest BCUT2D eigenvalue weighted by Gasteiger charge is -2.22. The fraction of sp³-hybridized carbons (Fsp3) is 0.308. The van der Waals surface area contributed by atoms with Crippen LogP contribution >= 0.6 is 0 Å². The molecule has 1 amide bonds. The predicted molar refractivity (Wildman–Crippen MR) is 65.6 cm³/mol. The van der Waals surface area contributed by atoms with Crippen LogP contribution in [0.5, 0.6) is 0 Å². The molecule has 1 heterocycles. The zero-order valence-electron chi connectivity index (χ0n) is 9.40. The van der Waals surface area contributed by atoms with E-state index in [0.29, 0.717) is 25.4 Å². The second kappa shape index (κ2) is 5.48. The first-order valence-electron chi connectivity index (χ1n) is 5.48. The van der Waals surface area contributed by atoms with Gasteiger partial charge in [0.05, 0.1) is 13.2 Å². The third kappa shape index (κ3) is 3.06. The van der Waals surface area contributed by atoms with Crippen LogP contribution in [0.3, 0.4) is 0 Å². The minimum atomic E-state index is -0.293. The van der Waals surface area contributed by atoms with Crippen LogP contribution in [0.1, 0.15) is 5.56 Å². The van der Waals surface area contributed by atoms with Gasteiger partial charge in [0, 0.05) is 17.8 Å². The molecule has 4 nitrogen and oxygen atoms in total. The second-order valence-corrected chi connectivity index (χ2v) is 3.80. The summed E-state index contributed by atoms with van der Waals surface area (Å²) in [5.41, 5.74) is 1.45. The molecule has 0 saturated carbocycles. The predicted octanol–water partition coefficient (Wildman–Crippen LogP) is 0.595. The lowest BCUT2D eigenvalue weighted by Crippen LogP contribution is -2.48. The van der Waals surface area contributed by atoms with Crippen LogP contribution in [0.2, 0.25) is 0 Å². The standard InChI is InChI=1S/C13H14N2O2/c1-2-10-4-3-5-11(8-10)15-13(16)12-9-17-7-6-14-12/h1,3-5,8,12,14H,6-7,9H2,(H,15,16). The van der Waals surface area contributed by atoms with Crippen molar-refractivity contribution in [2.45, 2.75) is 6.04 Å². The number of nitrogens with one attached hydrogen (secondary N) is 2. The van der Waals surface area contributed by atoms with Crippen molar-refractivity contribution in [3.05, 3.63) is 29.8 Å². The Morgan fingerprint density at radius 1 is 1.59 bits per heavy atom. The molecule has 1 saturated heterocycles. The molecule has 0 aliphatic carbocycles. The van der Waals surface area contributed by atoms with Crippen molar-refractivity contribution in [1.29, 1.82) is 0 Å². The van der Waals surface area contributed by atoms with Crippen molar-refractivity contribution in [3.8, 4) is 12.3 Å². The van der Waals surface area contributed by atoms with Crippen LogP contribution in [-0.2, 0) is 9.53 Å². The molecule has 4 heteroatoms. The van der Waals surface area contributed by atoms with E-state index in [2.05, 4.69) is 16.6 Å². The Bertz CT molecular complexity index is 445.